The molecule has 2 N–H and O–H groups in total. The highest BCUT2D eigenvalue weighted by atomic mass is 16.6. The Labute approximate surface area is 129 Å². The summed E-state index contributed by atoms with van der Waals surface area (Å²) in [6.45, 7) is 4.09. The Bertz CT molecular complexity index is 515. The molecule has 0 unspecified atom stereocenters. The van der Waals surface area contributed by atoms with Crippen molar-refractivity contribution in [3.05, 3.63) is 34.4 Å². The molecular weight excluding hydrogens is 284 g/mol. The summed E-state index contributed by atoms with van der Waals surface area (Å²) in [6.07, 6.45) is 4.59. The van der Waals surface area contributed by atoms with Crippen LogP contribution in [0.15, 0.2) is 24.3 Å². The zero-order valence-corrected chi connectivity index (χ0v) is 12.6. The average Bonchev–Trinajstić information content (AvgIpc) is 3.00. The van der Waals surface area contributed by atoms with Crippen molar-refractivity contribution in [2.75, 3.05) is 31.5 Å². The summed E-state index contributed by atoms with van der Waals surface area (Å²) >= 11 is 0. The van der Waals surface area contributed by atoms with Crippen molar-refractivity contribution in [3.63, 3.8) is 0 Å². The highest BCUT2D eigenvalue weighted by molar-refractivity contribution is 5.89. The van der Waals surface area contributed by atoms with Gasteiger partial charge in [0.2, 0.25) is 0 Å². The van der Waals surface area contributed by atoms with E-state index >= 15 is 0 Å². The van der Waals surface area contributed by atoms with E-state index in [2.05, 4.69) is 15.5 Å². The molecule has 0 aromatic heterocycles. The molecule has 1 aliphatic heterocycles. The van der Waals surface area contributed by atoms with Crippen LogP contribution in [0.2, 0.25) is 0 Å². The minimum absolute atomic E-state index is 0.0385. The second kappa shape index (κ2) is 8.33. The zero-order valence-electron chi connectivity index (χ0n) is 12.6. The second-order valence-electron chi connectivity index (χ2n) is 5.44. The van der Waals surface area contributed by atoms with Crippen LogP contribution in [0.25, 0.3) is 0 Å². The van der Waals surface area contributed by atoms with Crippen molar-refractivity contribution < 1.29 is 9.72 Å². The number of nitro benzene ring substituents is 1. The first kappa shape index (κ1) is 16.2. The predicted octanol–water partition coefficient (Wildman–Crippen LogP) is 2.59. The molecule has 7 nitrogen and oxygen atoms in total. The maximum atomic E-state index is 11.7. The van der Waals surface area contributed by atoms with E-state index in [1.54, 1.807) is 12.1 Å². The highest BCUT2D eigenvalue weighted by Crippen LogP contribution is 2.16. The molecule has 0 bridgehead atoms. The summed E-state index contributed by atoms with van der Waals surface area (Å²) in [5.41, 5.74) is 0.382. The molecule has 120 valence electrons. The molecule has 1 aromatic carbocycles. The fourth-order valence-corrected chi connectivity index (χ4v) is 2.54. The lowest BCUT2D eigenvalue weighted by Gasteiger charge is -2.14. The third-order valence-corrected chi connectivity index (χ3v) is 3.70. The quantitative estimate of drug-likeness (QED) is 0.460. The first-order chi connectivity index (χ1) is 10.6. The van der Waals surface area contributed by atoms with Gasteiger partial charge in [-0.25, -0.2) is 4.79 Å². The number of benzene rings is 1. The van der Waals surface area contributed by atoms with Gasteiger partial charge in [0, 0.05) is 24.4 Å². The third kappa shape index (κ3) is 5.33. The van der Waals surface area contributed by atoms with Crippen molar-refractivity contribution in [1.82, 2.24) is 10.2 Å². The Morgan fingerprint density at radius 3 is 2.77 bits per heavy atom. The van der Waals surface area contributed by atoms with Gasteiger partial charge in [-0.3, -0.25) is 10.1 Å². The maximum absolute atomic E-state index is 11.7. The van der Waals surface area contributed by atoms with Gasteiger partial charge in [0.25, 0.3) is 5.69 Å². The molecule has 1 fully saturated rings. The Kier molecular flexibility index (Phi) is 6.14. The van der Waals surface area contributed by atoms with Crippen LogP contribution in [0.1, 0.15) is 25.7 Å². The largest absolute Gasteiger partial charge is 0.338 e. The zero-order chi connectivity index (χ0) is 15.8. The number of nitro groups is 1. The topological polar surface area (TPSA) is 87.5 Å². The van der Waals surface area contributed by atoms with Gasteiger partial charge < -0.3 is 15.5 Å². The SMILES string of the molecule is O=C(NCCCCN1CCCC1)Nc1cccc([N+](=O)[O-])c1. The van der Waals surface area contributed by atoms with Crippen LogP contribution in [-0.2, 0) is 0 Å². The van der Waals surface area contributed by atoms with E-state index in [9.17, 15) is 14.9 Å². The van der Waals surface area contributed by atoms with Gasteiger partial charge in [0.1, 0.15) is 0 Å². The molecule has 0 atom stereocenters. The van der Waals surface area contributed by atoms with Crippen LogP contribution in [0.3, 0.4) is 0 Å². The number of likely N-dealkylation sites (tertiary alicyclic amines) is 1. The van der Waals surface area contributed by atoms with E-state index in [0.29, 0.717) is 12.2 Å². The first-order valence-electron chi connectivity index (χ1n) is 7.67. The molecule has 1 heterocycles. The maximum Gasteiger partial charge on any atom is 0.319 e. The first-order valence-corrected chi connectivity index (χ1v) is 7.67. The van der Waals surface area contributed by atoms with Crippen molar-refractivity contribution in [2.45, 2.75) is 25.7 Å². The monoisotopic (exact) mass is 306 g/mol. The van der Waals surface area contributed by atoms with Crippen molar-refractivity contribution in [1.29, 1.82) is 0 Å². The fraction of sp³-hybridized carbons (Fsp3) is 0.533. The lowest BCUT2D eigenvalue weighted by atomic mass is 10.3. The van der Waals surface area contributed by atoms with Gasteiger partial charge in [-0.15, -0.1) is 0 Å². The van der Waals surface area contributed by atoms with Gasteiger partial charge in [-0.2, -0.15) is 0 Å². The van der Waals surface area contributed by atoms with Crippen LogP contribution in [-0.4, -0.2) is 42.0 Å². The van der Waals surface area contributed by atoms with E-state index in [-0.39, 0.29) is 11.7 Å². The fourth-order valence-electron chi connectivity index (χ4n) is 2.54. The summed E-state index contributed by atoms with van der Waals surface area (Å²) in [4.78, 5) is 24.3. The molecule has 0 saturated carbocycles. The van der Waals surface area contributed by atoms with Crippen LogP contribution < -0.4 is 10.6 Å². The second-order valence-corrected chi connectivity index (χ2v) is 5.44. The van der Waals surface area contributed by atoms with Gasteiger partial charge >= 0.3 is 6.03 Å². The van der Waals surface area contributed by atoms with E-state index < -0.39 is 4.92 Å². The number of carbonyl (C=O) groups is 1. The van der Waals surface area contributed by atoms with Gasteiger partial charge in [0.15, 0.2) is 0 Å². The Morgan fingerprint density at radius 2 is 2.05 bits per heavy atom. The number of unbranched alkanes of at least 4 members (excludes halogenated alkanes) is 1. The van der Waals surface area contributed by atoms with Crippen LogP contribution in [0.5, 0.6) is 0 Å². The summed E-state index contributed by atoms with van der Waals surface area (Å²) in [5, 5.41) is 16.0. The number of nitrogens with zero attached hydrogens (tertiary/aromatic N) is 2. The standard InChI is InChI=1S/C15H22N4O3/c20-15(16-8-1-2-9-18-10-3-4-11-18)17-13-6-5-7-14(12-13)19(21)22/h5-7,12H,1-4,8-11H2,(H2,16,17,20). The van der Waals surface area contributed by atoms with Crippen LogP contribution in [0, 0.1) is 10.1 Å². The Balaban J connectivity index is 1.63. The lowest BCUT2D eigenvalue weighted by Crippen LogP contribution is -2.30. The number of rotatable bonds is 7. The van der Waals surface area contributed by atoms with Crippen molar-refractivity contribution >= 4 is 17.4 Å². The number of hydrogen-bond acceptors (Lipinski definition) is 4. The lowest BCUT2D eigenvalue weighted by molar-refractivity contribution is -0.384. The molecule has 2 rings (SSSR count). The Morgan fingerprint density at radius 1 is 1.27 bits per heavy atom. The molecule has 22 heavy (non-hydrogen) atoms. The third-order valence-electron chi connectivity index (χ3n) is 3.70. The summed E-state index contributed by atoms with van der Waals surface area (Å²) in [6, 6.07) is 5.57. The molecule has 1 saturated heterocycles. The minimum Gasteiger partial charge on any atom is -0.338 e. The van der Waals surface area contributed by atoms with Gasteiger partial charge in [-0.1, -0.05) is 6.07 Å². The van der Waals surface area contributed by atoms with Crippen LogP contribution in [0.4, 0.5) is 16.2 Å². The van der Waals surface area contributed by atoms with E-state index in [1.807, 2.05) is 0 Å². The molecule has 1 aromatic rings. The smallest absolute Gasteiger partial charge is 0.319 e. The molecular formula is C15H22N4O3. The summed E-state index contributed by atoms with van der Waals surface area (Å²) in [5.74, 6) is 0. The number of non-ortho nitro benzene ring substituents is 1. The van der Waals surface area contributed by atoms with Crippen LogP contribution >= 0.6 is 0 Å². The van der Waals surface area contributed by atoms with Crippen molar-refractivity contribution in [3.8, 4) is 0 Å². The highest BCUT2D eigenvalue weighted by Gasteiger charge is 2.10. The minimum atomic E-state index is -0.485. The predicted molar refractivity (Wildman–Crippen MR) is 85.0 cm³/mol. The summed E-state index contributed by atoms with van der Waals surface area (Å²) < 4.78 is 0. The Hall–Kier alpha value is -2.15. The number of anilines is 1. The van der Waals surface area contributed by atoms with Crippen molar-refractivity contribution in [2.24, 2.45) is 0 Å². The number of amides is 2. The normalized spacial score (nSPS) is 14.7. The molecule has 0 aliphatic carbocycles. The van der Waals surface area contributed by atoms with E-state index in [1.165, 1.54) is 38.1 Å². The molecule has 0 radical (unpaired) electrons. The number of nitrogens with one attached hydrogen (secondary N) is 2. The molecule has 7 heteroatoms. The molecule has 0 spiro atoms. The van der Waals surface area contributed by atoms with Gasteiger partial charge in [-0.05, 0) is 51.4 Å². The number of urea groups is 1. The number of carbonyl (C=O) groups excluding carboxylic acids is 1. The summed E-state index contributed by atoms with van der Waals surface area (Å²) in [7, 11) is 0. The van der Waals surface area contributed by atoms with E-state index in [0.717, 1.165) is 19.4 Å². The van der Waals surface area contributed by atoms with Gasteiger partial charge in [0.05, 0.1) is 4.92 Å². The van der Waals surface area contributed by atoms with E-state index in [4.69, 9.17) is 0 Å². The molecule has 2 amide bonds. The molecule has 1 aliphatic rings. The average molecular weight is 306 g/mol. The number of hydrogen-bond donors (Lipinski definition) is 2.